The Balaban J connectivity index is 1.93. The molecule has 112 valence electrons. The van der Waals surface area contributed by atoms with E-state index >= 15 is 0 Å². The van der Waals surface area contributed by atoms with E-state index in [0.29, 0.717) is 12.0 Å². The topological polar surface area (TPSA) is 39.1 Å². The summed E-state index contributed by atoms with van der Waals surface area (Å²) in [7, 11) is 1.97. The molecule has 0 fully saturated rings. The number of aromatic nitrogens is 2. The molecule has 1 aromatic heterocycles. The van der Waals surface area contributed by atoms with Gasteiger partial charge in [0, 0.05) is 30.8 Å². The number of benzene rings is 1. The number of hydrogen-bond acceptors (Lipinski definition) is 3. The predicted octanol–water partition coefficient (Wildman–Crippen LogP) is 3.03. The first-order chi connectivity index (χ1) is 10.3. The number of rotatable bonds is 5. The van der Waals surface area contributed by atoms with Crippen LogP contribution >= 0.6 is 0 Å². The molecule has 2 unspecified atom stereocenters. The van der Waals surface area contributed by atoms with Crippen molar-refractivity contribution in [3.05, 3.63) is 47.8 Å². The summed E-state index contributed by atoms with van der Waals surface area (Å²) in [5.41, 5.74) is 2.56. The number of ether oxygens (including phenoxy) is 1. The van der Waals surface area contributed by atoms with Crippen LogP contribution in [0.25, 0.3) is 0 Å². The largest absolute Gasteiger partial charge is 0.493 e. The molecule has 0 spiro atoms. The fraction of sp³-hybridized carbons (Fsp3) is 0.471. The number of nitrogens with zero attached hydrogens (tertiary/aromatic N) is 2. The zero-order valence-electron chi connectivity index (χ0n) is 12.7. The fourth-order valence-electron chi connectivity index (χ4n) is 3.11. The number of para-hydroxylation sites is 1. The monoisotopic (exact) mass is 285 g/mol. The lowest BCUT2D eigenvalue weighted by Gasteiger charge is -2.32. The van der Waals surface area contributed by atoms with Gasteiger partial charge < -0.3 is 10.1 Å². The quantitative estimate of drug-likeness (QED) is 0.918. The van der Waals surface area contributed by atoms with E-state index in [0.717, 1.165) is 31.7 Å². The van der Waals surface area contributed by atoms with Crippen LogP contribution in [0.3, 0.4) is 0 Å². The van der Waals surface area contributed by atoms with Crippen LogP contribution in [0.15, 0.2) is 36.7 Å². The highest BCUT2D eigenvalue weighted by molar-refractivity contribution is 5.40. The van der Waals surface area contributed by atoms with Gasteiger partial charge in [-0.05, 0) is 31.0 Å². The van der Waals surface area contributed by atoms with Crippen LogP contribution in [0.2, 0.25) is 0 Å². The first-order valence-corrected chi connectivity index (χ1v) is 7.73. The summed E-state index contributed by atoms with van der Waals surface area (Å²) < 4.78 is 7.68. The highest BCUT2D eigenvalue weighted by Gasteiger charge is 2.30. The Hall–Kier alpha value is -1.81. The molecule has 0 radical (unpaired) electrons. The molecule has 1 aromatic carbocycles. The van der Waals surface area contributed by atoms with Crippen LogP contribution < -0.4 is 10.1 Å². The van der Waals surface area contributed by atoms with Gasteiger partial charge in [-0.15, -0.1) is 0 Å². The van der Waals surface area contributed by atoms with Crippen LogP contribution in [0.4, 0.5) is 0 Å². The molecule has 0 saturated heterocycles. The Kier molecular flexibility index (Phi) is 4.25. The predicted molar refractivity (Wildman–Crippen MR) is 83.5 cm³/mol. The van der Waals surface area contributed by atoms with Gasteiger partial charge in [0.15, 0.2) is 0 Å². The Morgan fingerprint density at radius 1 is 1.43 bits per heavy atom. The summed E-state index contributed by atoms with van der Waals surface area (Å²) in [6.45, 7) is 4.00. The lowest BCUT2D eigenvalue weighted by Crippen LogP contribution is -2.30. The lowest BCUT2D eigenvalue weighted by atomic mass is 9.84. The molecule has 2 aromatic rings. The van der Waals surface area contributed by atoms with Crippen molar-refractivity contribution < 1.29 is 4.74 Å². The molecule has 4 heteroatoms. The average molecular weight is 285 g/mol. The maximum atomic E-state index is 5.80. The molecule has 1 aliphatic rings. The Morgan fingerprint density at radius 2 is 2.29 bits per heavy atom. The summed E-state index contributed by atoms with van der Waals surface area (Å²) >= 11 is 0. The molecule has 2 heterocycles. The van der Waals surface area contributed by atoms with Gasteiger partial charge in [-0.1, -0.05) is 25.1 Å². The van der Waals surface area contributed by atoms with Gasteiger partial charge in [0.25, 0.3) is 0 Å². The highest BCUT2D eigenvalue weighted by Crippen LogP contribution is 2.41. The summed E-state index contributed by atoms with van der Waals surface area (Å²) in [4.78, 5) is 0. The molecule has 3 rings (SSSR count). The minimum Gasteiger partial charge on any atom is -0.493 e. The number of hydrogen-bond donors (Lipinski definition) is 1. The number of fused-ring (bicyclic) bond motifs is 1. The van der Waals surface area contributed by atoms with Gasteiger partial charge in [-0.25, -0.2) is 0 Å². The van der Waals surface area contributed by atoms with Crippen LogP contribution in [-0.4, -0.2) is 22.9 Å². The third-order valence-corrected chi connectivity index (χ3v) is 4.11. The van der Waals surface area contributed by atoms with Crippen molar-refractivity contribution in [3.8, 4) is 5.75 Å². The van der Waals surface area contributed by atoms with Gasteiger partial charge >= 0.3 is 0 Å². The van der Waals surface area contributed by atoms with Crippen molar-refractivity contribution in [2.45, 2.75) is 31.7 Å². The SMILES string of the molecule is CCCNC(c1cnn(C)c1)C1CCOc2ccccc21. The van der Waals surface area contributed by atoms with Crippen LogP contribution in [-0.2, 0) is 7.05 Å². The van der Waals surface area contributed by atoms with Crippen LogP contribution in [0, 0.1) is 0 Å². The van der Waals surface area contributed by atoms with E-state index in [2.05, 4.69) is 41.7 Å². The molecule has 0 bridgehead atoms. The minimum atomic E-state index is 0.295. The second kappa shape index (κ2) is 6.31. The van der Waals surface area contributed by atoms with Crippen molar-refractivity contribution in [1.82, 2.24) is 15.1 Å². The average Bonchev–Trinajstić information content (AvgIpc) is 2.94. The van der Waals surface area contributed by atoms with Crippen molar-refractivity contribution in [3.63, 3.8) is 0 Å². The molecule has 0 saturated carbocycles. The normalized spacial score (nSPS) is 18.9. The second-order valence-electron chi connectivity index (χ2n) is 5.66. The first kappa shape index (κ1) is 14.1. The van der Waals surface area contributed by atoms with E-state index in [4.69, 9.17) is 4.74 Å². The maximum Gasteiger partial charge on any atom is 0.122 e. The molecular weight excluding hydrogens is 262 g/mol. The Morgan fingerprint density at radius 3 is 3.05 bits per heavy atom. The highest BCUT2D eigenvalue weighted by atomic mass is 16.5. The molecule has 4 nitrogen and oxygen atoms in total. The maximum absolute atomic E-state index is 5.80. The van der Waals surface area contributed by atoms with Crippen LogP contribution in [0.1, 0.15) is 42.9 Å². The standard InChI is InChI=1S/C17H23N3O/c1-3-9-18-17(13-11-19-20(2)12-13)15-8-10-21-16-7-5-4-6-14(15)16/h4-7,11-12,15,17-18H,3,8-10H2,1-2H3. The Bertz CT molecular complexity index is 593. The molecule has 1 aliphatic heterocycles. The molecule has 2 atom stereocenters. The molecule has 0 aliphatic carbocycles. The van der Waals surface area contributed by atoms with Crippen molar-refractivity contribution in [2.75, 3.05) is 13.2 Å². The summed E-state index contributed by atoms with van der Waals surface area (Å²) in [6, 6.07) is 8.70. The van der Waals surface area contributed by atoms with Gasteiger partial charge in [-0.2, -0.15) is 5.10 Å². The zero-order chi connectivity index (χ0) is 14.7. The number of aryl methyl sites for hydroxylation is 1. The summed E-state index contributed by atoms with van der Waals surface area (Å²) in [6.07, 6.45) is 6.26. The molecule has 21 heavy (non-hydrogen) atoms. The lowest BCUT2D eigenvalue weighted by molar-refractivity contribution is 0.246. The van der Waals surface area contributed by atoms with E-state index in [1.807, 2.05) is 24.0 Å². The minimum absolute atomic E-state index is 0.295. The van der Waals surface area contributed by atoms with E-state index < -0.39 is 0 Å². The summed E-state index contributed by atoms with van der Waals surface area (Å²) in [5.74, 6) is 1.46. The van der Waals surface area contributed by atoms with E-state index in [-0.39, 0.29) is 0 Å². The van der Waals surface area contributed by atoms with E-state index in [1.54, 1.807) is 0 Å². The van der Waals surface area contributed by atoms with E-state index in [9.17, 15) is 0 Å². The van der Waals surface area contributed by atoms with Gasteiger partial charge in [0.1, 0.15) is 5.75 Å². The van der Waals surface area contributed by atoms with Gasteiger partial charge in [0.05, 0.1) is 12.8 Å². The Labute approximate surface area is 126 Å². The molecule has 0 amide bonds. The van der Waals surface area contributed by atoms with Crippen molar-refractivity contribution in [1.29, 1.82) is 0 Å². The zero-order valence-corrected chi connectivity index (χ0v) is 12.7. The third kappa shape index (κ3) is 2.95. The van der Waals surface area contributed by atoms with Gasteiger partial charge in [-0.3, -0.25) is 4.68 Å². The second-order valence-corrected chi connectivity index (χ2v) is 5.66. The van der Waals surface area contributed by atoms with Crippen LogP contribution in [0.5, 0.6) is 5.75 Å². The van der Waals surface area contributed by atoms with Gasteiger partial charge in [0.2, 0.25) is 0 Å². The van der Waals surface area contributed by atoms with Crippen molar-refractivity contribution in [2.24, 2.45) is 7.05 Å². The van der Waals surface area contributed by atoms with E-state index in [1.165, 1.54) is 11.1 Å². The summed E-state index contributed by atoms with van der Waals surface area (Å²) in [5, 5.41) is 8.04. The third-order valence-electron chi connectivity index (χ3n) is 4.11. The molecular formula is C17H23N3O. The molecule has 1 N–H and O–H groups in total. The number of nitrogens with one attached hydrogen (secondary N) is 1. The van der Waals surface area contributed by atoms with Crippen molar-refractivity contribution >= 4 is 0 Å². The first-order valence-electron chi connectivity index (χ1n) is 7.73. The smallest absolute Gasteiger partial charge is 0.122 e. The fourth-order valence-corrected chi connectivity index (χ4v) is 3.11.